The van der Waals surface area contributed by atoms with Gasteiger partial charge in [0.1, 0.15) is 5.82 Å². The molecule has 1 aromatic heterocycles. The lowest BCUT2D eigenvalue weighted by Crippen LogP contribution is -2.32. The molecule has 1 rings (SSSR count). The van der Waals surface area contributed by atoms with E-state index in [9.17, 15) is 4.79 Å². The number of anilines is 1. The summed E-state index contributed by atoms with van der Waals surface area (Å²) in [6.45, 7) is 3.09. The predicted molar refractivity (Wildman–Crippen MR) is 53.1 cm³/mol. The Morgan fingerprint density at radius 2 is 2.21 bits per heavy atom. The van der Waals surface area contributed by atoms with Crippen LogP contribution in [0.2, 0.25) is 0 Å². The zero-order valence-corrected chi connectivity index (χ0v) is 7.98. The van der Waals surface area contributed by atoms with E-state index in [0.29, 0.717) is 16.8 Å². The molecule has 6 heteroatoms. The number of pyridine rings is 1. The number of nitrogens with zero attached hydrogens (tertiary/aromatic N) is 1. The Morgan fingerprint density at radius 3 is 2.64 bits per heavy atom. The summed E-state index contributed by atoms with van der Waals surface area (Å²) < 4.78 is 0. The number of carbonyl (C=O) groups is 1. The molecule has 0 radical (unpaired) electrons. The highest BCUT2D eigenvalue weighted by atomic mass is 16.4. The van der Waals surface area contributed by atoms with Crippen LogP contribution in [0.4, 0.5) is 5.82 Å². The minimum atomic E-state index is -1.53. The van der Waals surface area contributed by atoms with Crippen LogP contribution >= 0.6 is 0 Å². The van der Waals surface area contributed by atoms with Crippen LogP contribution in [0, 0.1) is 6.92 Å². The molecule has 0 aromatic carbocycles. The van der Waals surface area contributed by atoms with Crippen molar-refractivity contribution < 1.29 is 14.8 Å². The van der Waals surface area contributed by atoms with Gasteiger partial charge in [-0.2, -0.15) is 0 Å². The Hall–Kier alpha value is -1.40. The van der Waals surface area contributed by atoms with E-state index >= 15 is 0 Å². The van der Waals surface area contributed by atoms with Crippen molar-refractivity contribution in [2.45, 2.75) is 13.8 Å². The van der Waals surface area contributed by atoms with Crippen LogP contribution in [0.15, 0.2) is 12.3 Å². The normalized spacial score (nSPS) is 9.71. The SMILES string of the molecule is CC(=O)Nc1cc(C)c(B(O)O)cn1. The molecule has 0 unspecified atom stereocenters. The number of carbonyl (C=O) groups excluding carboxylic acids is 1. The van der Waals surface area contributed by atoms with Gasteiger partial charge in [-0.25, -0.2) is 4.98 Å². The molecule has 0 saturated carbocycles. The van der Waals surface area contributed by atoms with Crippen LogP contribution in [0.25, 0.3) is 0 Å². The Bertz CT molecular complexity index is 354. The highest BCUT2D eigenvalue weighted by Gasteiger charge is 2.14. The first kappa shape index (κ1) is 10.7. The van der Waals surface area contributed by atoms with Gasteiger partial charge in [-0.3, -0.25) is 4.79 Å². The number of aromatic nitrogens is 1. The van der Waals surface area contributed by atoms with E-state index in [4.69, 9.17) is 10.0 Å². The largest absolute Gasteiger partial charge is 0.490 e. The van der Waals surface area contributed by atoms with Crippen molar-refractivity contribution in [2.24, 2.45) is 0 Å². The monoisotopic (exact) mass is 194 g/mol. The van der Waals surface area contributed by atoms with E-state index < -0.39 is 7.12 Å². The van der Waals surface area contributed by atoms with Crippen molar-refractivity contribution >= 4 is 24.3 Å². The minimum absolute atomic E-state index is 0.214. The summed E-state index contributed by atoms with van der Waals surface area (Å²) in [5.74, 6) is 0.189. The molecule has 0 saturated heterocycles. The van der Waals surface area contributed by atoms with Crippen LogP contribution in [-0.2, 0) is 4.79 Å². The van der Waals surface area contributed by atoms with Gasteiger partial charge in [0.15, 0.2) is 0 Å². The van der Waals surface area contributed by atoms with Gasteiger partial charge >= 0.3 is 7.12 Å². The van der Waals surface area contributed by atoms with Crippen molar-refractivity contribution in [2.75, 3.05) is 5.32 Å². The van der Waals surface area contributed by atoms with Crippen molar-refractivity contribution in [1.82, 2.24) is 4.98 Å². The number of hydrogen-bond acceptors (Lipinski definition) is 4. The number of nitrogens with one attached hydrogen (secondary N) is 1. The molecule has 1 aromatic rings. The van der Waals surface area contributed by atoms with Gasteiger partial charge in [-0.1, -0.05) is 0 Å². The van der Waals surface area contributed by atoms with Gasteiger partial charge in [0, 0.05) is 18.6 Å². The lowest BCUT2D eigenvalue weighted by molar-refractivity contribution is -0.114. The lowest BCUT2D eigenvalue weighted by atomic mass is 9.79. The van der Waals surface area contributed by atoms with Gasteiger partial charge in [-0.15, -0.1) is 0 Å². The Morgan fingerprint density at radius 1 is 1.57 bits per heavy atom. The van der Waals surface area contributed by atoms with Crippen molar-refractivity contribution in [3.63, 3.8) is 0 Å². The van der Waals surface area contributed by atoms with E-state index in [1.54, 1.807) is 13.0 Å². The maximum absolute atomic E-state index is 10.7. The smallest absolute Gasteiger partial charge is 0.423 e. The molecule has 3 N–H and O–H groups in total. The third kappa shape index (κ3) is 2.55. The maximum atomic E-state index is 10.7. The number of aryl methyl sites for hydroxylation is 1. The van der Waals surface area contributed by atoms with Crippen LogP contribution in [0.3, 0.4) is 0 Å². The van der Waals surface area contributed by atoms with Crippen LogP contribution in [-0.4, -0.2) is 28.1 Å². The molecule has 0 bridgehead atoms. The zero-order chi connectivity index (χ0) is 10.7. The van der Waals surface area contributed by atoms with E-state index in [1.165, 1.54) is 13.1 Å². The third-order valence-corrected chi connectivity index (χ3v) is 1.73. The third-order valence-electron chi connectivity index (χ3n) is 1.73. The fraction of sp³-hybridized carbons (Fsp3) is 0.250. The average molecular weight is 194 g/mol. The Balaban J connectivity index is 2.94. The van der Waals surface area contributed by atoms with E-state index in [-0.39, 0.29) is 5.91 Å². The molecular weight excluding hydrogens is 183 g/mol. The number of rotatable bonds is 2. The molecule has 74 valence electrons. The topological polar surface area (TPSA) is 82.5 Å². The molecule has 1 amide bonds. The van der Waals surface area contributed by atoms with Gasteiger partial charge < -0.3 is 15.4 Å². The summed E-state index contributed by atoms with van der Waals surface area (Å²) in [6, 6.07) is 1.58. The van der Waals surface area contributed by atoms with Gasteiger partial charge in [0.25, 0.3) is 0 Å². The minimum Gasteiger partial charge on any atom is -0.423 e. The summed E-state index contributed by atoms with van der Waals surface area (Å²) in [7, 11) is -1.53. The Kier molecular flexibility index (Phi) is 3.21. The fourth-order valence-electron chi connectivity index (χ4n) is 1.09. The zero-order valence-electron chi connectivity index (χ0n) is 7.98. The summed E-state index contributed by atoms with van der Waals surface area (Å²) in [6.07, 6.45) is 1.32. The van der Waals surface area contributed by atoms with Gasteiger partial charge in [-0.05, 0) is 18.6 Å². The lowest BCUT2D eigenvalue weighted by Gasteiger charge is -2.06. The molecule has 0 aliphatic rings. The fourth-order valence-corrected chi connectivity index (χ4v) is 1.09. The molecule has 0 spiro atoms. The number of amides is 1. The highest BCUT2D eigenvalue weighted by Crippen LogP contribution is 2.03. The van der Waals surface area contributed by atoms with Crippen LogP contribution < -0.4 is 10.8 Å². The summed E-state index contributed by atoms with van der Waals surface area (Å²) in [5.41, 5.74) is 0.998. The predicted octanol–water partition coefficient (Wildman–Crippen LogP) is -0.972. The molecule has 0 atom stereocenters. The summed E-state index contributed by atoms with van der Waals surface area (Å²) in [5, 5.41) is 20.3. The first-order valence-corrected chi connectivity index (χ1v) is 4.11. The standard InChI is InChI=1S/C8H11BN2O3/c1-5-3-8(11-6(2)12)10-4-7(5)9(13)14/h3-4,13-14H,1-2H3,(H,10,11,12). The van der Waals surface area contributed by atoms with Crippen molar-refractivity contribution in [3.05, 3.63) is 17.8 Å². The molecule has 5 nitrogen and oxygen atoms in total. The second-order valence-corrected chi connectivity index (χ2v) is 2.98. The first-order valence-electron chi connectivity index (χ1n) is 4.11. The maximum Gasteiger partial charge on any atom is 0.490 e. The first-order chi connectivity index (χ1) is 6.50. The quantitative estimate of drug-likeness (QED) is 0.529. The number of hydrogen-bond donors (Lipinski definition) is 3. The van der Waals surface area contributed by atoms with E-state index in [2.05, 4.69) is 10.3 Å². The molecule has 1 heterocycles. The van der Waals surface area contributed by atoms with E-state index in [1.807, 2.05) is 0 Å². The van der Waals surface area contributed by atoms with Crippen LogP contribution in [0.1, 0.15) is 12.5 Å². The summed E-state index contributed by atoms with van der Waals surface area (Å²) >= 11 is 0. The molecule has 0 fully saturated rings. The second-order valence-electron chi connectivity index (χ2n) is 2.98. The molecule has 0 aliphatic heterocycles. The van der Waals surface area contributed by atoms with Gasteiger partial charge in [0.05, 0.1) is 0 Å². The molecular formula is C8H11BN2O3. The van der Waals surface area contributed by atoms with Gasteiger partial charge in [0.2, 0.25) is 5.91 Å². The van der Waals surface area contributed by atoms with Crippen LogP contribution in [0.5, 0.6) is 0 Å². The van der Waals surface area contributed by atoms with E-state index in [0.717, 1.165) is 0 Å². The van der Waals surface area contributed by atoms with Crippen molar-refractivity contribution in [3.8, 4) is 0 Å². The molecule has 0 aliphatic carbocycles. The second kappa shape index (κ2) is 4.21. The Labute approximate surface area is 81.9 Å². The average Bonchev–Trinajstić information content (AvgIpc) is 2.01. The summed E-state index contributed by atoms with van der Waals surface area (Å²) in [4.78, 5) is 14.5. The highest BCUT2D eigenvalue weighted by molar-refractivity contribution is 6.59. The van der Waals surface area contributed by atoms with Crippen molar-refractivity contribution in [1.29, 1.82) is 0 Å². The molecule has 14 heavy (non-hydrogen) atoms.